The predicted octanol–water partition coefficient (Wildman–Crippen LogP) is 15.2. The number of nitrogens with zero attached hydrogens (tertiary/aromatic N) is 3. The first kappa shape index (κ1) is 34.8. The van der Waals surface area contributed by atoms with Gasteiger partial charge in [0.15, 0.2) is 5.82 Å². The zero-order valence-corrected chi connectivity index (χ0v) is 33.0. The molecule has 3 heterocycles. The summed E-state index contributed by atoms with van der Waals surface area (Å²) in [5, 5.41) is 7.88. The lowest BCUT2D eigenvalue weighted by Gasteiger charge is -2.14. The molecule has 0 aliphatic heterocycles. The van der Waals surface area contributed by atoms with Gasteiger partial charge in [0.1, 0.15) is 11.2 Å². The summed E-state index contributed by atoms with van der Waals surface area (Å²) >= 11 is 0. The highest BCUT2D eigenvalue weighted by atomic mass is 16.3. The molecule has 284 valence electrons. The van der Waals surface area contributed by atoms with E-state index in [0.29, 0.717) is 5.82 Å². The fourth-order valence-corrected chi connectivity index (χ4v) is 8.91. The molecule has 0 aliphatic rings. The highest BCUT2D eigenvalue weighted by molar-refractivity contribution is 6.22. The van der Waals surface area contributed by atoms with Gasteiger partial charge in [-0.3, -0.25) is 0 Å². The lowest BCUT2D eigenvalue weighted by molar-refractivity contribution is 0.672. The molecular weight excluding hydrogens is 743 g/mol. The Hall–Kier alpha value is -8.21. The average molecular weight is 778 g/mol. The van der Waals surface area contributed by atoms with E-state index in [4.69, 9.17) is 19.4 Å². The number of aromatic nitrogens is 3. The van der Waals surface area contributed by atoms with Crippen molar-refractivity contribution in [3.8, 4) is 67.4 Å². The van der Waals surface area contributed by atoms with E-state index in [1.807, 2.05) is 36.4 Å². The lowest BCUT2D eigenvalue weighted by atomic mass is 9.91. The third kappa shape index (κ3) is 5.96. The summed E-state index contributed by atoms with van der Waals surface area (Å²) in [6.45, 7) is 0. The van der Waals surface area contributed by atoms with E-state index in [2.05, 4.69) is 176 Å². The minimum Gasteiger partial charge on any atom is -0.455 e. The van der Waals surface area contributed by atoms with Crippen LogP contribution in [-0.4, -0.2) is 15.0 Å². The number of rotatable bonds is 6. The molecule has 61 heavy (non-hydrogen) atoms. The molecule has 0 N–H and O–H groups in total. The zero-order chi connectivity index (χ0) is 40.3. The maximum Gasteiger partial charge on any atom is 0.160 e. The van der Waals surface area contributed by atoms with Crippen molar-refractivity contribution in [3.05, 3.63) is 212 Å². The van der Waals surface area contributed by atoms with Crippen molar-refractivity contribution in [1.82, 2.24) is 15.0 Å². The topological polar surface area (TPSA) is 51.8 Å². The summed E-state index contributed by atoms with van der Waals surface area (Å²) in [5.74, 6) is 0.677. The van der Waals surface area contributed by atoms with Gasteiger partial charge in [-0.25, -0.2) is 15.0 Å². The summed E-state index contributed by atoms with van der Waals surface area (Å²) in [7, 11) is 0. The van der Waals surface area contributed by atoms with E-state index < -0.39 is 0 Å². The Kier molecular flexibility index (Phi) is 8.13. The third-order valence-electron chi connectivity index (χ3n) is 11.9. The molecular formula is C57H35N3O. The Morgan fingerprint density at radius 2 is 0.869 bits per heavy atom. The van der Waals surface area contributed by atoms with E-state index in [1.54, 1.807) is 0 Å². The Labute approximate surface area is 352 Å². The second kappa shape index (κ2) is 14.3. The molecule has 12 rings (SSSR count). The van der Waals surface area contributed by atoms with E-state index in [-0.39, 0.29) is 0 Å². The maximum absolute atomic E-state index is 6.76. The van der Waals surface area contributed by atoms with Gasteiger partial charge in [-0.15, -0.1) is 0 Å². The smallest absolute Gasteiger partial charge is 0.160 e. The molecule has 0 radical (unpaired) electrons. The van der Waals surface area contributed by atoms with Crippen molar-refractivity contribution in [3.63, 3.8) is 0 Å². The molecule has 0 saturated heterocycles. The first-order chi connectivity index (χ1) is 30.2. The average Bonchev–Trinajstić information content (AvgIpc) is 3.74. The van der Waals surface area contributed by atoms with Crippen LogP contribution in [0.2, 0.25) is 0 Å². The van der Waals surface area contributed by atoms with E-state index in [0.717, 1.165) is 88.9 Å². The molecule has 4 nitrogen and oxygen atoms in total. The number of hydrogen-bond acceptors (Lipinski definition) is 4. The van der Waals surface area contributed by atoms with Gasteiger partial charge in [-0.05, 0) is 62.5 Å². The van der Waals surface area contributed by atoms with Crippen LogP contribution in [0, 0.1) is 0 Å². The molecule has 12 aromatic rings. The minimum atomic E-state index is 0.677. The van der Waals surface area contributed by atoms with Gasteiger partial charge in [0.2, 0.25) is 0 Å². The number of fused-ring (bicyclic) bond motifs is 8. The van der Waals surface area contributed by atoms with Crippen LogP contribution in [0.5, 0.6) is 0 Å². The molecule has 0 aliphatic carbocycles. The quantitative estimate of drug-likeness (QED) is 0.158. The first-order valence-electron chi connectivity index (χ1n) is 20.6. The van der Waals surface area contributed by atoms with Crippen molar-refractivity contribution in [1.29, 1.82) is 0 Å². The molecule has 0 bridgehead atoms. The number of hydrogen-bond donors (Lipinski definition) is 0. The molecule has 0 amide bonds. The first-order valence-corrected chi connectivity index (χ1v) is 20.6. The predicted molar refractivity (Wildman–Crippen MR) is 252 cm³/mol. The van der Waals surface area contributed by atoms with Crippen LogP contribution >= 0.6 is 0 Å². The summed E-state index contributed by atoms with van der Waals surface area (Å²) in [6.07, 6.45) is 0. The fourth-order valence-electron chi connectivity index (χ4n) is 8.91. The van der Waals surface area contributed by atoms with Gasteiger partial charge in [0.05, 0.1) is 28.0 Å². The lowest BCUT2D eigenvalue weighted by Crippen LogP contribution is -1.96. The van der Waals surface area contributed by atoms with Gasteiger partial charge >= 0.3 is 0 Å². The normalized spacial score (nSPS) is 11.6. The molecule has 0 saturated carbocycles. The van der Waals surface area contributed by atoms with Crippen molar-refractivity contribution in [2.45, 2.75) is 0 Å². The third-order valence-corrected chi connectivity index (χ3v) is 11.9. The van der Waals surface area contributed by atoms with Crippen LogP contribution in [0.3, 0.4) is 0 Å². The summed E-state index contributed by atoms with van der Waals surface area (Å²) in [4.78, 5) is 15.9. The van der Waals surface area contributed by atoms with Crippen molar-refractivity contribution in [2.24, 2.45) is 0 Å². The van der Waals surface area contributed by atoms with Crippen LogP contribution in [0.15, 0.2) is 217 Å². The SMILES string of the molecule is c1ccc(-c2ccc(-c3nc(-c4ccccc4)cc(-c4ccc(-c5nc6c(-c7cc8ccccc8c8ccccc78)cccc6c6oc7ccccc7c56)cc4)n3)cc2)cc1. The number of furan rings is 1. The van der Waals surface area contributed by atoms with E-state index >= 15 is 0 Å². The van der Waals surface area contributed by atoms with E-state index in [9.17, 15) is 0 Å². The Morgan fingerprint density at radius 1 is 0.328 bits per heavy atom. The van der Waals surface area contributed by atoms with Gasteiger partial charge < -0.3 is 4.42 Å². The Balaban J connectivity index is 1.02. The zero-order valence-electron chi connectivity index (χ0n) is 33.0. The van der Waals surface area contributed by atoms with E-state index in [1.165, 1.54) is 27.1 Å². The minimum absolute atomic E-state index is 0.677. The highest BCUT2D eigenvalue weighted by Gasteiger charge is 2.21. The monoisotopic (exact) mass is 777 g/mol. The number of pyridine rings is 1. The number of para-hydroxylation sites is 2. The second-order valence-corrected chi connectivity index (χ2v) is 15.5. The fraction of sp³-hybridized carbons (Fsp3) is 0. The second-order valence-electron chi connectivity index (χ2n) is 15.5. The highest BCUT2D eigenvalue weighted by Crippen LogP contribution is 2.44. The molecule has 0 spiro atoms. The number of benzene rings is 9. The van der Waals surface area contributed by atoms with Crippen LogP contribution in [-0.2, 0) is 0 Å². The van der Waals surface area contributed by atoms with Gasteiger partial charge in [-0.1, -0.05) is 188 Å². The van der Waals surface area contributed by atoms with Gasteiger partial charge in [-0.2, -0.15) is 0 Å². The van der Waals surface area contributed by atoms with Crippen molar-refractivity contribution in [2.75, 3.05) is 0 Å². The van der Waals surface area contributed by atoms with Crippen LogP contribution in [0.4, 0.5) is 0 Å². The van der Waals surface area contributed by atoms with Crippen molar-refractivity contribution < 1.29 is 4.42 Å². The summed E-state index contributed by atoms with van der Waals surface area (Å²) in [6, 6.07) is 74.3. The molecule has 9 aromatic carbocycles. The Bertz CT molecular complexity index is 3610. The largest absolute Gasteiger partial charge is 0.455 e. The molecule has 0 unspecified atom stereocenters. The molecule has 4 heteroatoms. The van der Waals surface area contributed by atoms with Crippen LogP contribution in [0.1, 0.15) is 0 Å². The summed E-state index contributed by atoms with van der Waals surface area (Å²) < 4.78 is 6.76. The van der Waals surface area contributed by atoms with Crippen molar-refractivity contribution >= 4 is 54.4 Å². The van der Waals surface area contributed by atoms with Gasteiger partial charge in [0, 0.05) is 38.6 Å². The van der Waals surface area contributed by atoms with Crippen LogP contribution < -0.4 is 0 Å². The van der Waals surface area contributed by atoms with Gasteiger partial charge in [0.25, 0.3) is 0 Å². The van der Waals surface area contributed by atoms with Crippen LogP contribution in [0.25, 0.3) is 122 Å². The molecule has 3 aromatic heterocycles. The summed E-state index contributed by atoms with van der Waals surface area (Å²) in [5.41, 5.74) is 13.7. The standard InChI is InChI=1S/C57H35N3O/c1-3-14-36(15-4-1)37-26-32-41(33-27-37)57-58-50(38-16-5-2-6-17-38)35-51(59-57)39-28-30-40(31-29-39)54-53-47-22-11-12-25-52(47)61-56(53)48-24-13-23-46(55(48)60-54)49-34-42-18-7-8-19-43(42)44-20-9-10-21-45(44)49/h1-35H. The molecule has 0 fully saturated rings. The Morgan fingerprint density at radius 3 is 1.62 bits per heavy atom. The molecule has 0 atom stereocenters. The maximum atomic E-state index is 6.76.